The maximum atomic E-state index is 11.7. The van der Waals surface area contributed by atoms with E-state index in [-0.39, 0.29) is 11.7 Å². The minimum atomic E-state index is -0.431. The molecule has 1 aromatic carbocycles. The molecule has 0 radical (unpaired) electrons. The molecule has 2 amide bonds. The highest BCUT2D eigenvalue weighted by molar-refractivity contribution is 8.00. The van der Waals surface area contributed by atoms with Crippen LogP contribution in [0.4, 0.5) is 5.69 Å². The molecule has 0 spiro atoms. The van der Waals surface area contributed by atoms with Gasteiger partial charge in [-0.2, -0.15) is 0 Å². The van der Waals surface area contributed by atoms with Gasteiger partial charge in [-0.1, -0.05) is 0 Å². The Bertz CT molecular complexity index is 435. The van der Waals surface area contributed by atoms with Gasteiger partial charge < -0.3 is 16.8 Å². The molecule has 0 aliphatic carbocycles. The van der Waals surface area contributed by atoms with Crippen molar-refractivity contribution < 1.29 is 9.59 Å². The van der Waals surface area contributed by atoms with Crippen LogP contribution in [0, 0.1) is 0 Å². The smallest absolute Gasteiger partial charge is 0.252 e. The Morgan fingerprint density at radius 1 is 1.41 bits per heavy atom. The Morgan fingerprint density at radius 2 is 2.12 bits per heavy atom. The molecule has 0 heterocycles. The zero-order valence-corrected chi connectivity index (χ0v) is 10.3. The molecule has 0 saturated heterocycles. The van der Waals surface area contributed by atoms with Crippen molar-refractivity contribution in [1.29, 1.82) is 0 Å². The summed E-state index contributed by atoms with van der Waals surface area (Å²) < 4.78 is 0. The monoisotopic (exact) mass is 253 g/mol. The number of benzene rings is 1. The molecule has 1 aromatic rings. The van der Waals surface area contributed by atoms with Gasteiger partial charge in [0.15, 0.2) is 0 Å². The average molecular weight is 253 g/mol. The molecule has 92 valence electrons. The van der Waals surface area contributed by atoms with Crippen LogP contribution in [0.3, 0.4) is 0 Å². The lowest BCUT2D eigenvalue weighted by Crippen LogP contribution is -2.23. The van der Waals surface area contributed by atoms with E-state index in [0.29, 0.717) is 22.7 Å². The van der Waals surface area contributed by atoms with E-state index < -0.39 is 5.91 Å². The topological polar surface area (TPSA) is 98.2 Å². The first-order valence-corrected chi connectivity index (χ1v) is 6.12. The molecular weight excluding hydrogens is 238 g/mol. The van der Waals surface area contributed by atoms with Crippen molar-refractivity contribution in [2.24, 2.45) is 5.73 Å². The highest BCUT2D eigenvalue weighted by atomic mass is 32.2. The van der Waals surface area contributed by atoms with E-state index in [2.05, 4.69) is 5.32 Å². The summed E-state index contributed by atoms with van der Waals surface area (Å²) in [7, 11) is 0. The average Bonchev–Trinajstić information content (AvgIpc) is 2.26. The molecule has 6 heteroatoms. The molecule has 0 aromatic heterocycles. The van der Waals surface area contributed by atoms with Crippen LogP contribution in [0.2, 0.25) is 0 Å². The lowest BCUT2D eigenvalue weighted by atomic mass is 10.2. The van der Waals surface area contributed by atoms with Crippen molar-refractivity contribution in [2.75, 3.05) is 18.0 Å². The number of carbonyl (C=O) groups excluding carboxylic acids is 2. The number of hydrogen-bond acceptors (Lipinski definition) is 4. The van der Waals surface area contributed by atoms with Crippen LogP contribution < -0.4 is 16.8 Å². The van der Waals surface area contributed by atoms with Gasteiger partial charge in [0.2, 0.25) is 5.91 Å². The molecule has 0 atom stereocenters. The third kappa shape index (κ3) is 3.99. The van der Waals surface area contributed by atoms with Gasteiger partial charge in [0.05, 0.1) is 11.3 Å². The van der Waals surface area contributed by atoms with Crippen LogP contribution >= 0.6 is 11.8 Å². The van der Waals surface area contributed by atoms with Gasteiger partial charge in [-0.3, -0.25) is 9.59 Å². The second-order valence-corrected chi connectivity index (χ2v) is 4.39. The first-order valence-electron chi connectivity index (χ1n) is 5.13. The van der Waals surface area contributed by atoms with E-state index in [1.54, 1.807) is 18.2 Å². The van der Waals surface area contributed by atoms with E-state index >= 15 is 0 Å². The first kappa shape index (κ1) is 13.4. The number of hydrogen-bond donors (Lipinski definition) is 3. The molecule has 0 aliphatic heterocycles. The van der Waals surface area contributed by atoms with Crippen molar-refractivity contribution in [1.82, 2.24) is 5.32 Å². The molecule has 5 N–H and O–H groups in total. The minimum absolute atomic E-state index is 0.121. The van der Waals surface area contributed by atoms with Crippen molar-refractivity contribution in [2.45, 2.75) is 11.8 Å². The van der Waals surface area contributed by atoms with Crippen LogP contribution in [0.15, 0.2) is 23.1 Å². The Hall–Kier alpha value is -1.69. The van der Waals surface area contributed by atoms with Gasteiger partial charge in [-0.25, -0.2) is 0 Å². The number of amides is 2. The highest BCUT2D eigenvalue weighted by Crippen LogP contribution is 2.25. The molecule has 1 rings (SSSR count). The van der Waals surface area contributed by atoms with Crippen molar-refractivity contribution in [3.05, 3.63) is 23.8 Å². The molecule has 0 bridgehead atoms. The van der Waals surface area contributed by atoms with Gasteiger partial charge in [0.25, 0.3) is 5.91 Å². The Labute approximate surface area is 104 Å². The third-order valence-corrected chi connectivity index (χ3v) is 3.04. The fourth-order valence-electron chi connectivity index (χ4n) is 1.25. The maximum absolute atomic E-state index is 11.7. The summed E-state index contributed by atoms with van der Waals surface area (Å²) in [4.78, 5) is 23.1. The van der Waals surface area contributed by atoms with Crippen LogP contribution in [-0.2, 0) is 4.79 Å². The van der Waals surface area contributed by atoms with Crippen molar-refractivity contribution in [3.8, 4) is 0 Å². The van der Waals surface area contributed by atoms with Crippen LogP contribution in [0.5, 0.6) is 0 Å². The fourth-order valence-corrected chi connectivity index (χ4v) is 2.08. The summed E-state index contributed by atoms with van der Waals surface area (Å²) in [6.45, 7) is 2.38. The summed E-state index contributed by atoms with van der Waals surface area (Å²) in [5.74, 6) is -0.491. The summed E-state index contributed by atoms with van der Waals surface area (Å²) in [6, 6.07) is 4.96. The van der Waals surface area contributed by atoms with E-state index in [4.69, 9.17) is 11.5 Å². The predicted octanol–water partition coefficient (Wildman–Crippen LogP) is 0.596. The largest absolute Gasteiger partial charge is 0.399 e. The summed E-state index contributed by atoms with van der Waals surface area (Å²) in [5, 5.41) is 2.70. The van der Waals surface area contributed by atoms with Crippen LogP contribution in [0.1, 0.15) is 17.3 Å². The minimum Gasteiger partial charge on any atom is -0.399 e. The number of thioether (sulfide) groups is 1. The van der Waals surface area contributed by atoms with E-state index in [0.717, 1.165) is 0 Å². The molecule has 0 fully saturated rings. The third-order valence-electron chi connectivity index (χ3n) is 1.96. The quantitative estimate of drug-likeness (QED) is 0.528. The number of nitrogens with one attached hydrogen (secondary N) is 1. The zero-order valence-electron chi connectivity index (χ0n) is 9.53. The SMILES string of the molecule is CCNC(=O)c1ccc(N)cc1SCC(N)=O. The highest BCUT2D eigenvalue weighted by Gasteiger charge is 2.12. The first-order chi connectivity index (χ1) is 8.04. The Kier molecular flexibility index (Phi) is 4.84. The number of nitrogens with two attached hydrogens (primary N) is 2. The molecule has 17 heavy (non-hydrogen) atoms. The van der Waals surface area contributed by atoms with Crippen molar-refractivity contribution >= 4 is 29.3 Å². The Morgan fingerprint density at radius 3 is 2.71 bits per heavy atom. The van der Waals surface area contributed by atoms with Gasteiger partial charge in [0, 0.05) is 17.1 Å². The normalized spacial score (nSPS) is 9.94. The lowest BCUT2D eigenvalue weighted by molar-refractivity contribution is -0.115. The van der Waals surface area contributed by atoms with Gasteiger partial charge in [-0.05, 0) is 25.1 Å². The number of primary amides is 1. The van der Waals surface area contributed by atoms with Crippen LogP contribution in [0.25, 0.3) is 0 Å². The fraction of sp³-hybridized carbons (Fsp3) is 0.273. The molecular formula is C11H15N3O2S. The van der Waals surface area contributed by atoms with Crippen molar-refractivity contribution in [3.63, 3.8) is 0 Å². The molecule has 5 nitrogen and oxygen atoms in total. The van der Waals surface area contributed by atoms with Crippen LogP contribution in [-0.4, -0.2) is 24.1 Å². The number of nitrogen functional groups attached to an aromatic ring is 1. The second kappa shape index (κ2) is 6.15. The lowest BCUT2D eigenvalue weighted by Gasteiger charge is -2.09. The van der Waals surface area contributed by atoms with E-state index in [9.17, 15) is 9.59 Å². The number of rotatable bonds is 5. The zero-order chi connectivity index (χ0) is 12.8. The van der Waals surface area contributed by atoms with E-state index in [1.807, 2.05) is 6.92 Å². The van der Waals surface area contributed by atoms with Gasteiger partial charge >= 0.3 is 0 Å². The van der Waals surface area contributed by atoms with Gasteiger partial charge in [0.1, 0.15) is 0 Å². The molecule has 0 saturated carbocycles. The maximum Gasteiger partial charge on any atom is 0.252 e. The molecule has 0 aliphatic rings. The van der Waals surface area contributed by atoms with E-state index in [1.165, 1.54) is 11.8 Å². The van der Waals surface area contributed by atoms with Gasteiger partial charge in [-0.15, -0.1) is 11.8 Å². The molecule has 0 unspecified atom stereocenters. The summed E-state index contributed by atoms with van der Waals surface area (Å²) >= 11 is 1.21. The summed E-state index contributed by atoms with van der Waals surface area (Å²) in [6.07, 6.45) is 0. The number of anilines is 1. The second-order valence-electron chi connectivity index (χ2n) is 3.37. The standard InChI is InChI=1S/C11H15N3O2S/c1-2-14-11(16)8-4-3-7(12)5-9(8)17-6-10(13)15/h3-5H,2,6,12H2,1H3,(H2,13,15)(H,14,16). The Balaban J connectivity index is 2.94. The predicted molar refractivity (Wildman–Crippen MR) is 68.8 cm³/mol. The number of carbonyl (C=O) groups is 2. The summed E-state index contributed by atoms with van der Waals surface area (Å²) in [5.41, 5.74) is 11.8.